The highest BCUT2D eigenvalue weighted by Crippen LogP contribution is 2.40. The number of nitrogens with one attached hydrogen (secondary N) is 1. The minimum absolute atomic E-state index is 0.213. The molecule has 2 rings (SSSR count). The molecule has 0 aliphatic heterocycles. The number of halogens is 2. The quantitative estimate of drug-likeness (QED) is 0.641. The van der Waals surface area contributed by atoms with E-state index in [-0.39, 0.29) is 11.5 Å². The van der Waals surface area contributed by atoms with Crippen LogP contribution >= 0.6 is 23.2 Å². The Labute approximate surface area is 125 Å². The molecule has 106 valence electrons. The van der Waals surface area contributed by atoms with Gasteiger partial charge in [0.05, 0.1) is 0 Å². The molecule has 1 saturated carbocycles. The van der Waals surface area contributed by atoms with E-state index in [2.05, 4.69) is 12.3 Å². The molecule has 1 aliphatic carbocycles. The minimum Gasteiger partial charge on any atom is -0.271 e. The van der Waals surface area contributed by atoms with Crippen LogP contribution < -0.4 is 11.3 Å². The fraction of sp³-hybridized carbons (Fsp3) is 0.600. The summed E-state index contributed by atoms with van der Waals surface area (Å²) in [5.41, 5.74) is 4.23. The first-order chi connectivity index (χ1) is 9.07. The lowest BCUT2D eigenvalue weighted by atomic mass is 9.69. The van der Waals surface area contributed by atoms with Gasteiger partial charge in [-0.25, -0.2) is 0 Å². The summed E-state index contributed by atoms with van der Waals surface area (Å²) in [7, 11) is 0. The zero-order valence-electron chi connectivity index (χ0n) is 11.4. The average Bonchev–Trinajstić information content (AvgIpc) is 2.39. The molecule has 0 saturated heterocycles. The second-order valence-electron chi connectivity index (χ2n) is 5.84. The van der Waals surface area contributed by atoms with Gasteiger partial charge in [-0.15, -0.1) is 0 Å². The summed E-state index contributed by atoms with van der Waals surface area (Å²) in [6.07, 6.45) is 7.11. The molecule has 1 aromatic carbocycles. The molecule has 1 aromatic rings. The summed E-state index contributed by atoms with van der Waals surface area (Å²) in [4.78, 5) is 0. The Morgan fingerprint density at radius 1 is 1.21 bits per heavy atom. The minimum atomic E-state index is 0.213. The highest BCUT2D eigenvalue weighted by atomic mass is 35.5. The van der Waals surface area contributed by atoms with Crippen LogP contribution in [0.3, 0.4) is 0 Å². The lowest BCUT2D eigenvalue weighted by Gasteiger charge is -2.40. The van der Waals surface area contributed by atoms with E-state index in [0.29, 0.717) is 0 Å². The van der Waals surface area contributed by atoms with Crippen LogP contribution in [0.4, 0.5) is 0 Å². The van der Waals surface area contributed by atoms with Gasteiger partial charge in [-0.1, -0.05) is 55.5 Å². The van der Waals surface area contributed by atoms with Gasteiger partial charge in [0.2, 0.25) is 0 Å². The Morgan fingerprint density at radius 3 is 2.32 bits per heavy atom. The second kappa shape index (κ2) is 6.45. The van der Waals surface area contributed by atoms with E-state index in [0.717, 1.165) is 22.0 Å². The predicted molar refractivity (Wildman–Crippen MR) is 82.5 cm³/mol. The standard InChI is InChI=1S/C15H22Cl2N2/c1-15(8-3-2-4-9-15)14(19-18)10-11-12(16)6-5-7-13(11)17/h5-7,14,19H,2-4,8-10,18H2,1H3. The number of rotatable bonds is 4. The van der Waals surface area contributed by atoms with Crippen molar-refractivity contribution in [1.82, 2.24) is 5.43 Å². The summed E-state index contributed by atoms with van der Waals surface area (Å²) >= 11 is 12.5. The van der Waals surface area contributed by atoms with E-state index < -0.39 is 0 Å². The van der Waals surface area contributed by atoms with Gasteiger partial charge in [0.25, 0.3) is 0 Å². The van der Waals surface area contributed by atoms with Crippen LogP contribution in [-0.2, 0) is 6.42 Å². The molecule has 19 heavy (non-hydrogen) atoms. The maximum absolute atomic E-state index is 6.26. The first-order valence-electron chi connectivity index (χ1n) is 6.96. The first kappa shape index (κ1) is 15.1. The van der Waals surface area contributed by atoms with E-state index in [9.17, 15) is 0 Å². The summed E-state index contributed by atoms with van der Waals surface area (Å²) in [5, 5.41) is 1.46. The predicted octanol–water partition coefficient (Wildman–Crippen LogP) is 4.34. The van der Waals surface area contributed by atoms with Crippen molar-refractivity contribution in [3.63, 3.8) is 0 Å². The summed E-state index contributed by atoms with van der Waals surface area (Å²) in [6, 6.07) is 5.87. The van der Waals surface area contributed by atoms with Gasteiger partial charge in [0, 0.05) is 16.1 Å². The maximum Gasteiger partial charge on any atom is 0.0453 e. The fourth-order valence-electron chi connectivity index (χ4n) is 3.15. The Bertz CT molecular complexity index is 408. The van der Waals surface area contributed by atoms with Gasteiger partial charge in [0.15, 0.2) is 0 Å². The molecule has 0 amide bonds. The van der Waals surface area contributed by atoms with Gasteiger partial charge in [0.1, 0.15) is 0 Å². The van der Waals surface area contributed by atoms with Crippen LogP contribution in [0.2, 0.25) is 10.0 Å². The molecular weight excluding hydrogens is 279 g/mol. The third kappa shape index (κ3) is 3.43. The number of benzene rings is 1. The smallest absolute Gasteiger partial charge is 0.0453 e. The zero-order valence-corrected chi connectivity index (χ0v) is 12.9. The SMILES string of the molecule is CC1(C(Cc2c(Cl)cccc2Cl)NN)CCCCC1. The van der Waals surface area contributed by atoms with Crippen molar-refractivity contribution in [1.29, 1.82) is 0 Å². The normalized spacial score (nSPS) is 20.2. The number of hydrogen-bond donors (Lipinski definition) is 2. The monoisotopic (exact) mass is 300 g/mol. The summed E-state index contributed by atoms with van der Waals surface area (Å²) < 4.78 is 0. The van der Waals surface area contributed by atoms with Gasteiger partial charge in [-0.3, -0.25) is 11.3 Å². The average molecular weight is 301 g/mol. The van der Waals surface area contributed by atoms with Gasteiger partial charge >= 0.3 is 0 Å². The highest BCUT2D eigenvalue weighted by molar-refractivity contribution is 6.36. The third-order valence-corrected chi connectivity index (χ3v) is 5.22. The fourth-order valence-corrected chi connectivity index (χ4v) is 3.70. The molecule has 1 atom stereocenters. The van der Waals surface area contributed by atoms with Crippen LogP contribution in [0, 0.1) is 5.41 Å². The van der Waals surface area contributed by atoms with Crippen molar-refractivity contribution >= 4 is 23.2 Å². The third-order valence-electron chi connectivity index (χ3n) is 4.51. The molecule has 2 nitrogen and oxygen atoms in total. The topological polar surface area (TPSA) is 38.0 Å². The van der Waals surface area contributed by atoms with Crippen molar-refractivity contribution in [2.75, 3.05) is 0 Å². The van der Waals surface area contributed by atoms with Crippen molar-refractivity contribution < 1.29 is 0 Å². The van der Waals surface area contributed by atoms with Gasteiger partial charge < -0.3 is 0 Å². The molecular formula is C15H22Cl2N2. The highest BCUT2D eigenvalue weighted by Gasteiger charge is 2.35. The number of hydrazine groups is 1. The maximum atomic E-state index is 6.26. The van der Waals surface area contributed by atoms with Crippen LogP contribution in [0.25, 0.3) is 0 Å². The molecule has 0 heterocycles. The second-order valence-corrected chi connectivity index (χ2v) is 6.65. The molecule has 0 aromatic heterocycles. The summed E-state index contributed by atoms with van der Waals surface area (Å²) in [6.45, 7) is 2.32. The molecule has 1 unspecified atom stereocenters. The first-order valence-corrected chi connectivity index (χ1v) is 7.71. The van der Waals surface area contributed by atoms with E-state index in [4.69, 9.17) is 29.0 Å². The molecule has 0 radical (unpaired) electrons. The lowest BCUT2D eigenvalue weighted by molar-refractivity contribution is 0.144. The number of nitrogens with two attached hydrogens (primary N) is 1. The van der Waals surface area contributed by atoms with Crippen LogP contribution in [0.1, 0.15) is 44.6 Å². The van der Waals surface area contributed by atoms with Crippen molar-refractivity contribution in [3.8, 4) is 0 Å². The molecule has 0 bridgehead atoms. The number of hydrogen-bond acceptors (Lipinski definition) is 2. The van der Waals surface area contributed by atoms with E-state index in [1.54, 1.807) is 0 Å². The largest absolute Gasteiger partial charge is 0.271 e. The van der Waals surface area contributed by atoms with Crippen molar-refractivity contribution in [2.24, 2.45) is 11.3 Å². The Morgan fingerprint density at radius 2 is 1.79 bits per heavy atom. The van der Waals surface area contributed by atoms with Crippen molar-refractivity contribution in [2.45, 2.75) is 51.5 Å². The van der Waals surface area contributed by atoms with Gasteiger partial charge in [-0.05, 0) is 42.4 Å². The van der Waals surface area contributed by atoms with E-state index in [1.165, 1.54) is 32.1 Å². The van der Waals surface area contributed by atoms with E-state index >= 15 is 0 Å². The Kier molecular flexibility index (Phi) is 5.13. The van der Waals surface area contributed by atoms with E-state index in [1.807, 2.05) is 18.2 Å². The van der Waals surface area contributed by atoms with Gasteiger partial charge in [-0.2, -0.15) is 0 Å². The molecule has 0 spiro atoms. The zero-order chi connectivity index (χ0) is 13.9. The summed E-state index contributed by atoms with van der Waals surface area (Å²) in [5.74, 6) is 5.80. The molecule has 3 N–H and O–H groups in total. The van der Waals surface area contributed by atoms with Crippen LogP contribution in [-0.4, -0.2) is 6.04 Å². The molecule has 1 fully saturated rings. The Balaban J connectivity index is 2.19. The molecule has 1 aliphatic rings. The lowest BCUT2D eigenvalue weighted by Crippen LogP contribution is -2.49. The Hall–Kier alpha value is -0.280. The molecule has 4 heteroatoms. The van der Waals surface area contributed by atoms with Crippen LogP contribution in [0.5, 0.6) is 0 Å². The van der Waals surface area contributed by atoms with Crippen LogP contribution in [0.15, 0.2) is 18.2 Å². The van der Waals surface area contributed by atoms with Crippen molar-refractivity contribution in [3.05, 3.63) is 33.8 Å².